The molecule has 184 valence electrons. The topological polar surface area (TPSA) is 104 Å². The van der Waals surface area contributed by atoms with Crippen molar-refractivity contribution in [3.05, 3.63) is 83.4 Å². The highest BCUT2D eigenvalue weighted by Gasteiger charge is 2.34. The molecule has 0 aliphatic heterocycles. The highest BCUT2D eigenvalue weighted by Crippen LogP contribution is 2.26. The number of anilines is 1. The Balaban J connectivity index is 1.75. The summed E-state index contributed by atoms with van der Waals surface area (Å²) >= 11 is 0. The summed E-state index contributed by atoms with van der Waals surface area (Å²) in [6.45, 7) is 7.29. The molecule has 0 fully saturated rings. The summed E-state index contributed by atoms with van der Waals surface area (Å²) < 4.78 is 26.8. The van der Waals surface area contributed by atoms with Crippen molar-refractivity contribution in [1.29, 1.82) is 0 Å². The van der Waals surface area contributed by atoms with E-state index in [1.807, 2.05) is 38.1 Å². The van der Waals surface area contributed by atoms with Crippen molar-refractivity contribution < 1.29 is 23.1 Å². The van der Waals surface area contributed by atoms with Crippen LogP contribution in [0.1, 0.15) is 35.3 Å². The van der Waals surface area contributed by atoms with E-state index in [2.05, 4.69) is 5.32 Å². The molecule has 3 rings (SSSR count). The first-order valence-electron chi connectivity index (χ1n) is 11.2. The summed E-state index contributed by atoms with van der Waals surface area (Å²) in [5, 5.41) is 12.3. The van der Waals surface area contributed by atoms with Gasteiger partial charge in [0.2, 0.25) is 10.0 Å². The second-order valence-corrected chi connectivity index (χ2v) is 10.9. The molecule has 0 aromatic heterocycles. The Morgan fingerprint density at radius 2 is 1.40 bits per heavy atom. The highest BCUT2D eigenvalue weighted by atomic mass is 32.2. The number of aryl methyl sites for hydroxylation is 2. The van der Waals surface area contributed by atoms with Crippen molar-refractivity contribution >= 4 is 27.6 Å². The smallest absolute Gasteiger partial charge is 0.322 e. The molecule has 0 heterocycles. The van der Waals surface area contributed by atoms with E-state index in [0.717, 1.165) is 26.6 Å². The Hall–Kier alpha value is -3.49. The third-order valence-corrected chi connectivity index (χ3v) is 7.91. The predicted molar refractivity (Wildman–Crippen MR) is 137 cm³/mol. The van der Waals surface area contributed by atoms with Gasteiger partial charge in [0.1, 0.15) is 6.04 Å². The molecular weight excluding hydrogens is 464 g/mol. The molecule has 0 saturated heterocycles. The number of hydrogen-bond acceptors (Lipinski definition) is 4. The predicted octanol–water partition coefficient (Wildman–Crippen LogP) is 4.95. The summed E-state index contributed by atoms with van der Waals surface area (Å²) in [7, 11) is -2.69. The van der Waals surface area contributed by atoms with Gasteiger partial charge in [-0.15, -0.1) is 0 Å². The van der Waals surface area contributed by atoms with Crippen LogP contribution < -0.4 is 5.32 Å². The Labute approximate surface area is 206 Å². The lowest BCUT2D eigenvalue weighted by atomic mass is 10.0. The molecule has 0 radical (unpaired) electrons. The second kappa shape index (κ2) is 10.4. The minimum atomic E-state index is -3.97. The zero-order valence-electron chi connectivity index (χ0n) is 20.4. The van der Waals surface area contributed by atoms with Gasteiger partial charge in [-0.1, -0.05) is 44.2 Å². The van der Waals surface area contributed by atoms with Crippen molar-refractivity contribution in [3.63, 3.8) is 0 Å². The van der Waals surface area contributed by atoms with Crippen LogP contribution in [0, 0.1) is 19.8 Å². The van der Waals surface area contributed by atoms with Crippen molar-refractivity contribution in [2.75, 3.05) is 12.4 Å². The lowest BCUT2D eigenvalue weighted by Gasteiger charge is -2.27. The van der Waals surface area contributed by atoms with E-state index in [1.54, 1.807) is 44.2 Å². The van der Waals surface area contributed by atoms with Gasteiger partial charge in [-0.2, -0.15) is 4.31 Å². The average Bonchev–Trinajstić information content (AvgIpc) is 2.81. The number of amides is 1. The zero-order chi connectivity index (χ0) is 25.9. The molecular formula is C27H30N2O5S. The molecule has 3 aromatic carbocycles. The summed E-state index contributed by atoms with van der Waals surface area (Å²) in [4.78, 5) is 24.1. The van der Waals surface area contributed by atoms with E-state index in [-0.39, 0.29) is 16.7 Å². The summed E-state index contributed by atoms with van der Waals surface area (Å²) in [6, 6.07) is 17.9. The SMILES string of the molecule is Cc1ccc(C(=O)Nc2ccc(-c3ccc(S(=O)(=O)N(C)[C@H](C(=O)O)C(C)C)cc3)cc2)cc1C. The minimum absolute atomic E-state index is 0.0212. The number of nitrogens with one attached hydrogen (secondary N) is 1. The minimum Gasteiger partial charge on any atom is -0.480 e. The molecule has 0 bridgehead atoms. The number of hydrogen-bond donors (Lipinski definition) is 2. The Kier molecular flexibility index (Phi) is 7.77. The van der Waals surface area contributed by atoms with E-state index in [0.29, 0.717) is 11.3 Å². The first-order valence-corrected chi connectivity index (χ1v) is 12.7. The number of carbonyl (C=O) groups excluding carboxylic acids is 1. The average molecular weight is 495 g/mol. The van der Waals surface area contributed by atoms with E-state index in [9.17, 15) is 23.1 Å². The number of carboxylic acid groups (broad SMARTS) is 1. The maximum absolute atomic E-state index is 13.0. The van der Waals surface area contributed by atoms with Crippen LogP contribution >= 0.6 is 0 Å². The first kappa shape index (κ1) is 26.1. The van der Waals surface area contributed by atoms with Crippen LogP contribution in [0.25, 0.3) is 11.1 Å². The van der Waals surface area contributed by atoms with Crippen LogP contribution in [0.3, 0.4) is 0 Å². The molecule has 3 aromatic rings. The quantitative estimate of drug-likeness (QED) is 0.461. The van der Waals surface area contributed by atoms with Gasteiger partial charge in [-0.25, -0.2) is 8.42 Å². The normalized spacial score (nSPS) is 12.5. The highest BCUT2D eigenvalue weighted by molar-refractivity contribution is 7.89. The fraction of sp³-hybridized carbons (Fsp3) is 0.259. The van der Waals surface area contributed by atoms with Gasteiger partial charge in [-0.05, 0) is 78.4 Å². The summed E-state index contributed by atoms with van der Waals surface area (Å²) in [5.74, 6) is -1.77. The fourth-order valence-electron chi connectivity index (χ4n) is 3.83. The third kappa shape index (κ3) is 5.78. The standard InChI is InChI=1S/C27H30N2O5S/c1-17(2)25(27(31)32)29(5)35(33,34)24-14-10-21(11-15-24)20-8-12-23(13-9-20)28-26(30)22-7-6-18(3)19(4)16-22/h6-17,25H,1-5H3,(H,28,30)(H,31,32)/t25-/m0/s1. The molecule has 1 atom stereocenters. The van der Waals surface area contributed by atoms with Crippen molar-refractivity contribution in [2.45, 2.75) is 38.6 Å². The molecule has 0 aliphatic carbocycles. The first-order chi connectivity index (χ1) is 16.4. The Morgan fingerprint density at radius 3 is 1.89 bits per heavy atom. The van der Waals surface area contributed by atoms with Crippen LogP contribution in [0.4, 0.5) is 5.69 Å². The van der Waals surface area contributed by atoms with Crippen molar-refractivity contribution in [2.24, 2.45) is 5.92 Å². The van der Waals surface area contributed by atoms with E-state index >= 15 is 0 Å². The largest absolute Gasteiger partial charge is 0.480 e. The van der Waals surface area contributed by atoms with Crippen LogP contribution in [0.15, 0.2) is 71.6 Å². The lowest BCUT2D eigenvalue weighted by Crippen LogP contribution is -2.45. The van der Waals surface area contributed by atoms with E-state index < -0.39 is 22.0 Å². The van der Waals surface area contributed by atoms with E-state index in [4.69, 9.17) is 0 Å². The molecule has 8 heteroatoms. The molecule has 35 heavy (non-hydrogen) atoms. The molecule has 7 nitrogen and oxygen atoms in total. The van der Waals surface area contributed by atoms with Crippen LogP contribution in [0.2, 0.25) is 0 Å². The number of carboxylic acids is 1. The van der Waals surface area contributed by atoms with Gasteiger partial charge in [0.15, 0.2) is 0 Å². The zero-order valence-corrected chi connectivity index (χ0v) is 21.3. The fourth-order valence-corrected chi connectivity index (χ4v) is 5.27. The number of aliphatic carboxylic acids is 1. The number of rotatable bonds is 8. The molecule has 0 unspecified atom stereocenters. The van der Waals surface area contributed by atoms with Crippen molar-refractivity contribution in [3.8, 4) is 11.1 Å². The molecule has 1 amide bonds. The van der Waals surface area contributed by atoms with E-state index in [1.165, 1.54) is 19.2 Å². The monoisotopic (exact) mass is 494 g/mol. The van der Waals surface area contributed by atoms with Crippen LogP contribution in [-0.2, 0) is 14.8 Å². The Bertz CT molecular complexity index is 1330. The molecule has 0 saturated carbocycles. The molecule has 0 aliphatic rings. The van der Waals surface area contributed by atoms with Crippen molar-refractivity contribution in [1.82, 2.24) is 4.31 Å². The van der Waals surface area contributed by atoms with Gasteiger partial charge < -0.3 is 10.4 Å². The number of benzene rings is 3. The number of nitrogens with zero attached hydrogens (tertiary/aromatic N) is 1. The van der Waals surface area contributed by atoms with Gasteiger partial charge in [-0.3, -0.25) is 9.59 Å². The van der Waals surface area contributed by atoms with Gasteiger partial charge in [0, 0.05) is 18.3 Å². The van der Waals surface area contributed by atoms with Gasteiger partial charge in [0.05, 0.1) is 4.90 Å². The van der Waals surface area contributed by atoms with Crippen LogP contribution in [-0.4, -0.2) is 42.8 Å². The number of carbonyl (C=O) groups is 2. The van der Waals surface area contributed by atoms with Gasteiger partial charge in [0.25, 0.3) is 5.91 Å². The maximum Gasteiger partial charge on any atom is 0.322 e. The number of sulfonamides is 1. The summed E-state index contributed by atoms with van der Waals surface area (Å²) in [6.07, 6.45) is 0. The summed E-state index contributed by atoms with van der Waals surface area (Å²) in [5.41, 5.74) is 5.03. The maximum atomic E-state index is 13.0. The van der Waals surface area contributed by atoms with Crippen LogP contribution in [0.5, 0.6) is 0 Å². The lowest BCUT2D eigenvalue weighted by molar-refractivity contribution is -0.142. The molecule has 0 spiro atoms. The second-order valence-electron chi connectivity index (χ2n) is 8.90. The van der Waals surface area contributed by atoms with Gasteiger partial charge >= 0.3 is 5.97 Å². The third-order valence-electron chi connectivity index (χ3n) is 6.05. The Morgan fingerprint density at radius 1 is 0.857 bits per heavy atom. The number of likely N-dealkylation sites (N-methyl/N-ethyl adjacent to an activating group) is 1. The molecule has 2 N–H and O–H groups in total.